The second-order valence-corrected chi connectivity index (χ2v) is 6.12. The Morgan fingerprint density at radius 1 is 1.00 bits per heavy atom. The van der Waals surface area contributed by atoms with E-state index in [1.807, 2.05) is 31.2 Å². The predicted molar refractivity (Wildman–Crippen MR) is 96.5 cm³/mol. The molecule has 0 aliphatic heterocycles. The first-order valence-electron chi connectivity index (χ1n) is 8.56. The molecule has 6 heteroatoms. The highest BCUT2D eigenvalue weighted by molar-refractivity contribution is 5.81. The summed E-state index contributed by atoms with van der Waals surface area (Å²) in [5, 5.41) is 5.88. The molecule has 0 fully saturated rings. The average molecular weight is 364 g/mol. The van der Waals surface area contributed by atoms with E-state index in [4.69, 9.17) is 0 Å². The molecule has 1 amide bonds. The van der Waals surface area contributed by atoms with Crippen LogP contribution in [0.4, 0.5) is 13.2 Å². The number of hydrogen-bond donors (Lipinski definition) is 2. The van der Waals surface area contributed by atoms with Gasteiger partial charge in [0.1, 0.15) is 0 Å². The summed E-state index contributed by atoms with van der Waals surface area (Å²) in [6.07, 6.45) is -2.64. The number of nitrogens with one attached hydrogen (secondary N) is 2. The fourth-order valence-electron chi connectivity index (χ4n) is 2.67. The van der Waals surface area contributed by atoms with Crippen molar-refractivity contribution in [3.05, 3.63) is 59.7 Å². The van der Waals surface area contributed by atoms with Gasteiger partial charge in [0.25, 0.3) is 0 Å². The molecule has 140 valence electrons. The molecule has 2 N–H and O–H groups in total. The van der Waals surface area contributed by atoms with Gasteiger partial charge in [-0.1, -0.05) is 49.7 Å². The van der Waals surface area contributed by atoms with E-state index in [-0.39, 0.29) is 11.9 Å². The number of benzene rings is 2. The van der Waals surface area contributed by atoms with Crippen LogP contribution in [-0.4, -0.2) is 19.0 Å². The highest BCUT2D eigenvalue weighted by Gasteiger charge is 2.29. The van der Waals surface area contributed by atoms with Crippen LogP contribution in [-0.2, 0) is 17.5 Å². The summed E-state index contributed by atoms with van der Waals surface area (Å²) < 4.78 is 37.9. The number of rotatable bonds is 7. The molecule has 0 bridgehead atoms. The lowest BCUT2D eigenvalue weighted by atomic mass is 10.0. The van der Waals surface area contributed by atoms with Crippen LogP contribution in [0.2, 0.25) is 0 Å². The van der Waals surface area contributed by atoms with E-state index in [1.54, 1.807) is 7.05 Å². The average Bonchev–Trinajstić information content (AvgIpc) is 2.64. The van der Waals surface area contributed by atoms with E-state index >= 15 is 0 Å². The Labute approximate surface area is 151 Å². The van der Waals surface area contributed by atoms with E-state index in [0.717, 1.165) is 36.1 Å². The fourth-order valence-corrected chi connectivity index (χ4v) is 2.67. The Bertz CT molecular complexity index is 709. The van der Waals surface area contributed by atoms with Crippen molar-refractivity contribution in [1.82, 2.24) is 10.6 Å². The topological polar surface area (TPSA) is 41.1 Å². The zero-order valence-corrected chi connectivity index (χ0v) is 14.9. The predicted octanol–water partition coefficient (Wildman–Crippen LogP) is 4.38. The van der Waals surface area contributed by atoms with Gasteiger partial charge >= 0.3 is 6.18 Å². The van der Waals surface area contributed by atoms with Crippen molar-refractivity contribution in [3.63, 3.8) is 0 Å². The molecule has 2 rings (SSSR count). The minimum absolute atomic E-state index is 0.0406. The van der Waals surface area contributed by atoms with Crippen LogP contribution < -0.4 is 10.6 Å². The molecule has 1 atom stereocenters. The first-order chi connectivity index (χ1) is 12.3. The van der Waals surface area contributed by atoms with E-state index in [0.29, 0.717) is 12.1 Å². The molecule has 0 heterocycles. The molecule has 2 aromatic rings. The van der Waals surface area contributed by atoms with E-state index in [2.05, 4.69) is 10.6 Å². The molecule has 2 aromatic carbocycles. The smallest absolute Gasteiger partial charge is 0.351 e. The Morgan fingerprint density at radius 2 is 1.54 bits per heavy atom. The quantitative estimate of drug-likeness (QED) is 0.766. The van der Waals surface area contributed by atoms with Crippen LogP contribution >= 0.6 is 0 Å². The molecule has 0 saturated heterocycles. The maximum atomic E-state index is 12.6. The molecule has 0 radical (unpaired) electrons. The summed E-state index contributed by atoms with van der Waals surface area (Å²) in [5.74, 6) is -0.0406. The van der Waals surface area contributed by atoms with Crippen molar-refractivity contribution in [1.29, 1.82) is 0 Å². The van der Waals surface area contributed by atoms with Crippen LogP contribution in [0.5, 0.6) is 0 Å². The molecular formula is C20H23F3N2O. The molecule has 0 aliphatic rings. The summed E-state index contributed by atoms with van der Waals surface area (Å²) in [4.78, 5) is 12.1. The van der Waals surface area contributed by atoms with Crippen molar-refractivity contribution in [2.75, 3.05) is 7.05 Å². The standard InChI is InChI=1S/C20H23F3N2O/c1-3-4-18(24-2)19(26)25-13-14-5-7-15(8-6-14)16-9-11-17(12-10-16)20(21,22)23/h5-12,18,24H,3-4,13H2,1-2H3,(H,25,26)/t18-/m0/s1. The Kier molecular flexibility index (Phi) is 6.80. The van der Waals surface area contributed by atoms with Gasteiger partial charge in [0.05, 0.1) is 11.6 Å². The second-order valence-electron chi connectivity index (χ2n) is 6.12. The van der Waals surface area contributed by atoms with Gasteiger partial charge in [-0.05, 0) is 42.3 Å². The lowest BCUT2D eigenvalue weighted by molar-refractivity contribution is -0.137. The van der Waals surface area contributed by atoms with Crippen LogP contribution in [0, 0.1) is 0 Å². The minimum atomic E-state index is -4.33. The third-order valence-corrected chi connectivity index (χ3v) is 4.21. The first kappa shape index (κ1) is 20.0. The van der Waals surface area contributed by atoms with Gasteiger partial charge in [0, 0.05) is 6.54 Å². The highest BCUT2D eigenvalue weighted by atomic mass is 19.4. The summed E-state index contributed by atoms with van der Waals surface area (Å²) in [6.45, 7) is 2.44. The number of carbonyl (C=O) groups excluding carboxylic acids is 1. The number of alkyl halides is 3. The Morgan fingerprint density at radius 3 is 2.00 bits per heavy atom. The highest BCUT2D eigenvalue weighted by Crippen LogP contribution is 2.31. The van der Waals surface area contributed by atoms with E-state index in [1.165, 1.54) is 12.1 Å². The summed E-state index contributed by atoms with van der Waals surface area (Å²) in [7, 11) is 1.76. The Hall–Kier alpha value is -2.34. The second kappa shape index (κ2) is 8.85. The third kappa shape index (κ3) is 5.33. The molecule has 0 saturated carbocycles. The van der Waals surface area contributed by atoms with Crippen molar-refractivity contribution in [3.8, 4) is 11.1 Å². The molecule has 0 unspecified atom stereocenters. The van der Waals surface area contributed by atoms with E-state index < -0.39 is 11.7 Å². The number of carbonyl (C=O) groups is 1. The maximum absolute atomic E-state index is 12.6. The maximum Gasteiger partial charge on any atom is 0.416 e. The molecule has 0 aliphatic carbocycles. The minimum Gasteiger partial charge on any atom is -0.351 e. The van der Waals surface area contributed by atoms with Gasteiger partial charge in [-0.25, -0.2) is 0 Å². The van der Waals surface area contributed by atoms with Crippen LogP contribution in [0.25, 0.3) is 11.1 Å². The van der Waals surface area contributed by atoms with Crippen molar-refractivity contribution in [2.45, 2.75) is 38.5 Å². The number of amides is 1. The van der Waals surface area contributed by atoms with Gasteiger partial charge in [0.15, 0.2) is 0 Å². The van der Waals surface area contributed by atoms with Crippen LogP contribution in [0.15, 0.2) is 48.5 Å². The normalized spacial score (nSPS) is 12.7. The van der Waals surface area contributed by atoms with E-state index in [9.17, 15) is 18.0 Å². The fraction of sp³-hybridized carbons (Fsp3) is 0.350. The number of likely N-dealkylation sites (N-methyl/N-ethyl adjacent to an activating group) is 1. The molecular weight excluding hydrogens is 341 g/mol. The van der Waals surface area contributed by atoms with Crippen molar-refractivity contribution in [2.24, 2.45) is 0 Å². The zero-order valence-electron chi connectivity index (χ0n) is 14.9. The van der Waals surface area contributed by atoms with Crippen LogP contribution in [0.1, 0.15) is 30.9 Å². The molecule has 3 nitrogen and oxygen atoms in total. The monoisotopic (exact) mass is 364 g/mol. The van der Waals surface area contributed by atoms with Crippen molar-refractivity contribution < 1.29 is 18.0 Å². The SMILES string of the molecule is CCC[C@H](NC)C(=O)NCc1ccc(-c2ccc(C(F)(F)F)cc2)cc1. The zero-order chi connectivity index (χ0) is 19.2. The Balaban J connectivity index is 1.99. The lowest BCUT2D eigenvalue weighted by Crippen LogP contribution is -2.42. The molecule has 0 spiro atoms. The van der Waals surface area contributed by atoms with Gasteiger partial charge in [-0.15, -0.1) is 0 Å². The van der Waals surface area contributed by atoms with Gasteiger partial charge in [0.2, 0.25) is 5.91 Å². The number of hydrogen-bond acceptors (Lipinski definition) is 2. The largest absolute Gasteiger partial charge is 0.416 e. The summed E-state index contributed by atoms with van der Waals surface area (Å²) >= 11 is 0. The first-order valence-corrected chi connectivity index (χ1v) is 8.56. The summed E-state index contributed by atoms with van der Waals surface area (Å²) in [6, 6.07) is 12.3. The third-order valence-electron chi connectivity index (χ3n) is 4.21. The van der Waals surface area contributed by atoms with Gasteiger partial charge in [-0.2, -0.15) is 13.2 Å². The summed E-state index contributed by atoms with van der Waals surface area (Å²) in [5.41, 5.74) is 1.81. The molecule has 26 heavy (non-hydrogen) atoms. The van der Waals surface area contributed by atoms with Gasteiger partial charge < -0.3 is 10.6 Å². The lowest BCUT2D eigenvalue weighted by Gasteiger charge is -2.15. The molecule has 0 aromatic heterocycles. The van der Waals surface area contributed by atoms with Crippen molar-refractivity contribution >= 4 is 5.91 Å². The van der Waals surface area contributed by atoms with Crippen LogP contribution in [0.3, 0.4) is 0 Å². The number of halogens is 3. The van der Waals surface area contributed by atoms with Gasteiger partial charge in [-0.3, -0.25) is 4.79 Å².